The second kappa shape index (κ2) is 9.77. The molecule has 0 atom stereocenters. The van der Waals surface area contributed by atoms with E-state index in [4.69, 9.17) is 0 Å². The Bertz CT molecular complexity index is 1220. The van der Waals surface area contributed by atoms with E-state index in [-0.39, 0.29) is 11.9 Å². The second-order valence-corrected chi connectivity index (χ2v) is 6.75. The van der Waals surface area contributed by atoms with E-state index in [9.17, 15) is 26.3 Å². The van der Waals surface area contributed by atoms with Gasteiger partial charge in [0.1, 0.15) is 12.7 Å². The minimum Gasteiger partial charge on any atom is -0.253 e. The van der Waals surface area contributed by atoms with E-state index in [0.717, 1.165) is 11.0 Å². The molecule has 0 unspecified atom stereocenters. The zero-order valence-corrected chi connectivity index (χ0v) is 17.4. The number of rotatable bonds is 6. The summed E-state index contributed by atoms with van der Waals surface area (Å²) in [5.74, 6) is -0.332. The third-order valence-corrected chi connectivity index (χ3v) is 4.31. The average Bonchev–Trinajstić information content (AvgIpc) is 3.25. The summed E-state index contributed by atoms with van der Waals surface area (Å²) in [4.78, 5) is 11.3. The van der Waals surface area contributed by atoms with Crippen molar-refractivity contribution >= 4 is 24.8 Å². The third-order valence-electron chi connectivity index (χ3n) is 4.31. The van der Waals surface area contributed by atoms with Gasteiger partial charge in [-0.25, -0.2) is 14.7 Å². The van der Waals surface area contributed by atoms with Crippen molar-refractivity contribution in [2.75, 3.05) is 0 Å². The maximum absolute atomic E-state index is 13.2. The van der Waals surface area contributed by atoms with E-state index in [1.165, 1.54) is 24.9 Å². The lowest BCUT2D eigenvalue weighted by Crippen LogP contribution is -2.11. The van der Waals surface area contributed by atoms with Crippen molar-refractivity contribution in [2.45, 2.75) is 19.3 Å². The summed E-state index contributed by atoms with van der Waals surface area (Å²) in [6.07, 6.45) is -3.28. The van der Waals surface area contributed by atoms with Crippen LogP contribution in [0.5, 0.6) is 0 Å². The molecule has 0 spiro atoms. The fraction of sp³-hybridized carbons (Fsp3) is 0.143. The number of aromatic nitrogens is 5. The van der Waals surface area contributed by atoms with Gasteiger partial charge in [-0.05, 0) is 49.5 Å². The van der Waals surface area contributed by atoms with E-state index in [1.54, 1.807) is 19.1 Å². The van der Waals surface area contributed by atoms with Crippen LogP contribution in [-0.4, -0.2) is 38.0 Å². The molecule has 1 aromatic carbocycles. The van der Waals surface area contributed by atoms with Crippen LogP contribution in [0, 0.1) is 0 Å². The Morgan fingerprint density at radius 1 is 1.06 bits per heavy atom. The molecule has 0 aliphatic carbocycles. The molecule has 0 fully saturated rings. The van der Waals surface area contributed by atoms with Crippen molar-refractivity contribution in [1.29, 1.82) is 0 Å². The molecule has 0 saturated carbocycles. The smallest absolute Gasteiger partial charge is 0.253 e. The molecule has 0 bridgehead atoms. The molecule has 176 valence electrons. The molecule has 0 aliphatic rings. The largest absolute Gasteiger partial charge is 0.416 e. The molecule has 0 radical (unpaired) electrons. The summed E-state index contributed by atoms with van der Waals surface area (Å²) in [5, 5.41) is 11.8. The lowest BCUT2D eigenvalue weighted by atomic mass is 10.0. The van der Waals surface area contributed by atoms with Gasteiger partial charge in [0.25, 0.3) is 0 Å². The van der Waals surface area contributed by atoms with E-state index in [2.05, 4.69) is 37.0 Å². The third kappa shape index (κ3) is 5.99. The number of nitrogens with zero attached hydrogens (tertiary/aromatic N) is 7. The number of halogens is 6. The number of allylic oxidation sites excluding steroid dienone is 2. The molecule has 2 aromatic heterocycles. The van der Waals surface area contributed by atoms with Crippen molar-refractivity contribution in [2.24, 2.45) is 9.98 Å². The lowest BCUT2D eigenvalue weighted by Gasteiger charge is -2.13. The van der Waals surface area contributed by atoms with Gasteiger partial charge >= 0.3 is 12.4 Å². The van der Waals surface area contributed by atoms with Gasteiger partial charge in [0.05, 0.1) is 16.8 Å². The van der Waals surface area contributed by atoms with Crippen LogP contribution in [0.3, 0.4) is 0 Å². The molecule has 0 aliphatic heterocycles. The van der Waals surface area contributed by atoms with Crippen molar-refractivity contribution < 1.29 is 26.3 Å². The number of aliphatic imine (C=N–C) groups is 2. The van der Waals surface area contributed by atoms with Crippen LogP contribution in [0.2, 0.25) is 0 Å². The molecule has 0 N–H and O–H groups in total. The standard InChI is InChI=1S/C21H15F6N7/c1-13(9-29-11-28-2)17(18-4-3-5-31-32-18)10-34-12-30-19(33-34)14-6-15(20(22,23)24)8-16(7-14)21(25,26)27/h3-12H,2H2,1H3/b13-9+,17-10+,29-11?. The first-order valence-corrected chi connectivity index (χ1v) is 9.34. The maximum atomic E-state index is 13.2. The highest BCUT2D eigenvalue weighted by atomic mass is 19.4. The highest BCUT2D eigenvalue weighted by molar-refractivity contribution is 5.84. The van der Waals surface area contributed by atoms with Crippen LogP contribution < -0.4 is 0 Å². The van der Waals surface area contributed by atoms with E-state index in [1.807, 2.05) is 0 Å². The monoisotopic (exact) mass is 479 g/mol. The Labute approximate surface area is 188 Å². The summed E-state index contributed by atoms with van der Waals surface area (Å²) < 4.78 is 80.2. The van der Waals surface area contributed by atoms with Gasteiger partial charge < -0.3 is 0 Å². The van der Waals surface area contributed by atoms with E-state index < -0.39 is 29.0 Å². The van der Waals surface area contributed by atoms with Gasteiger partial charge in [-0.15, -0.1) is 5.10 Å². The number of hydrogen-bond donors (Lipinski definition) is 0. The molecular weight excluding hydrogens is 464 g/mol. The predicted octanol–water partition coefficient (Wildman–Crippen LogP) is 5.40. The molecule has 0 amide bonds. The molecule has 34 heavy (non-hydrogen) atoms. The molecule has 2 heterocycles. The van der Waals surface area contributed by atoms with Gasteiger partial charge in [-0.1, -0.05) is 0 Å². The first kappa shape index (κ1) is 24.5. The van der Waals surface area contributed by atoms with Crippen molar-refractivity contribution in [3.8, 4) is 11.4 Å². The van der Waals surface area contributed by atoms with Gasteiger partial charge in [0, 0.05) is 29.7 Å². The summed E-state index contributed by atoms with van der Waals surface area (Å²) in [7, 11) is 0. The molecule has 3 aromatic rings. The van der Waals surface area contributed by atoms with Gasteiger partial charge in [0.15, 0.2) is 5.82 Å². The average molecular weight is 479 g/mol. The van der Waals surface area contributed by atoms with Crippen LogP contribution in [0.15, 0.2) is 64.6 Å². The van der Waals surface area contributed by atoms with Crippen molar-refractivity contribution in [3.63, 3.8) is 0 Å². The topological polar surface area (TPSA) is 81.2 Å². The highest BCUT2D eigenvalue weighted by Crippen LogP contribution is 2.38. The van der Waals surface area contributed by atoms with Gasteiger partial charge in [-0.2, -0.15) is 36.5 Å². The fourth-order valence-corrected chi connectivity index (χ4v) is 2.76. The van der Waals surface area contributed by atoms with Crippen molar-refractivity contribution in [3.05, 3.63) is 71.4 Å². The molecular formula is C21H15F6N7. The van der Waals surface area contributed by atoms with Crippen LogP contribution in [0.25, 0.3) is 23.2 Å². The summed E-state index contributed by atoms with van der Waals surface area (Å²) in [6, 6.07) is 4.44. The summed E-state index contributed by atoms with van der Waals surface area (Å²) in [5.41, 5.74) is -1.91. The number of benzene rings is 1. The number of alkyl halides is 6. The first-order chi connectivity index (χ1) is 16.0. The number of hydrogen-bond acceptors (Lipinski definition) is 5. The zero-order chi connectivity index (χ0) is 24.9. The highest BCUT2D eigenvalue weighted by Gasteiger charge is 2.37. The van der Waals surface area contributed by atoms with Crippen LogP contribution in [0.4, 0.5) is 26.3 Å². The summed E-state index contributed by atoms with van der Waals surface area (Å²) in [6.45, 7) is 4.97. The minimum absolute atomic E-state index is 0.0410. The van der Waals surface area contributed by atoms with Gasteiger partial charge in [0.2, 0.25) is 0 Å². The lowest BCUT2D eigenvalue weighted by molar-refractivity contribution is -0.143. The van der Waals surface area contributed by atoms with E-state index >= 15 is 0 Å². The Morgan fingerprint density at radius 3 is 2.29 bits per heavy atom. The Hall–Kier alpha value is -4.16. The molecule has 3 rings (SSSR count). The molecule has 7 nitrogen and oxygen atoms in total. The molecule has 13 heteroatoms. The Kier molecular flexibility index (Phi) is 7.03. The molecule has 0 saturated heterocycles. The SMILES string of the molecule is C=NC=N/C=C(C)/C(=C\n1cnc(-c2cc(C(F)(F)F)cc(C(F)(F)F)c2)n1)c1cccnn1. The quantitative estimate of drug-likeness (QED) is 0.205. The van der Waals surface area contributed by atoms with Gasteiger partial charge in [-0.3, -0.25) is 4.99 Å². The maximum Gasteiger partial charge on any atom is 0.416 e. The first-order valence-electron chi connectivity index (χ1n) is 9.34. The predicted molar refractivity (Wildman–Crippen MR) is 113 cm³/mol. The normalized spacial score (nSPS) is 13.5. The Morgan fingerprint density at radius 2 is 1.74 bits per heavy atom. The minimum atomic E-state index is -4.99. The Balaban J connectivity index is 2.09. The fourth-order valence-electron chi connectivity index (χ4n) is 2.76. The van der Waals surface area contributed by atoms with Crippen LogP contribution in [0.1, 0.15) is 23.7 Å². The zero-order valence-electron chi connectivity index (χ0n) is 17.4. The van der Waals surface area contributed by atoms with Crippen molar-refractivity contribution in [1.82, 2.24) is 25.0 Å². The van der Waals surface area contributed by atoms with Crippen LogP contribution >= 0.6 is 0 Å². The van der Waals surface area contributed by atoms with Crippen LogP contribution in [-0.2, 0) is 12.4 Å². The summed E-state index contributed by atoms with van der Waals surface area (Å²) >= 11 is 0. The van der Waals surface area contributed by atoms with E-state index in [0.29, 0.717) is 29.0 Å². The second-order valence-electron chi connectivity index (χ2n) is 6.75.